The van der Waals surface area contributed by atoms with Crippen LogP contribution in [0.5, 0.6) is 0 Å². The Bertz CT molecular complexity index is 426. The van der Waals surface area contributed by atoms with Gasteiger partial charge in [0.2, 0.25) is 0 Å². The molecular formula is C14H15F3O2. The van der Waals surface area contributed by atoms with E-state index in [-0.39, 0.29) is 12.5 Å². The van der Waals surface area contributed by atoms with Gasteiger partial charge in [0.05, 0.1) is 25.0 Å². The summed E-state index contributed by atoms with van der Waals surface area (Å²) in [6.45, 7) is 0.743. The van der Waals surface area contributed by atoms with Gasteiger partial charge < -0.3 is 9.47 Å². The third-order valence-corrected chi connectivity index (χ3v) is 2.92. The summed E-state index contributed by atoms with van der Waals surface area (Å²) in [5, 5.41) is 0. The lowest BCUT2D eigenvalue weighted by Gasteiger charge is -2.24. The van der Waals surface area contributed by atoms with E-state index in [1.165, 1.54) is 0 Å². The minimum Gasteiger partial charge on any atom is -0.495 e. The SMILES string of the molecule is FC(F)(F)C1=COC(COCc2ccccc2)CC1. The number of alkyl halides is 3. The van der Waals surface area contributed by atoms with Crippen molar-refractivity contribution >= 4 is 0 Å². The van der Waals surface area contributed by atoms with E-state index in [1.54, 1.807) is 0 Å². The van der Waals surface area contributed by atoms with E-state index >= 15 is 0 Å². The van der Waals surface area contributed by atoms with Gasteiger partial charge in [-0.2, -0.15) is 13.2 Å². The highest BCUT2D eigenvalue weighted by Crippen LogP contribution is 2.32. The van der Waals surface area contributed by atoms with Gasteiger partial charge in [0.1, 0.15) is 6.10 Å². The van der Waals surface area contributed by atoms with Crippen molar-refractivity contribution in [3.8, 4) is 0 Å². The first kappa shape index (κ1) is 13.9. The van der Waals surface area contributed by atoms with Crippen LogP contribution in [-0.2, 0) is 16.1 Å². The second-order valence-corrected chi connectivity index (χ2v) is 4.44. The van der Waals surface area contributed by atoms with Crippen LogP contribution in [0.3, 0.4) is 0 Å². The van der Waals surface area contributed by atoms with E-state index < -0.39 is 11.7 Å². The molecule has 0 saturated heterocycles. The molecule has 1 atom stereocenters. The van der Waals surface area contributed by atoms with Gasteiger partial charge in [-0.1, -0.05) is 30.3 Å². The molecular weight excluding hydrogens is 257 g/mol. The highest BCUT2D eigenvalue weighted by atomic mass is 19.4. The van der Waals surface area contributed by atoms with Crippen LogP contribution < -0.4 is 0 Å². The summed E-state index contributed by atoms with van der Waals surface area (Å²) in [5.74, 6) is 0. The van der Waals surface area contributed by atoms with Gasteiger partial charge in [0.15, 0.2) is 0 Å². The average molecular weight is 272 g/mol. The molecule has 0 radical (unpaired) electrons. The summed E-state index contributed by atoms with van der Waals surface area (Å²) >= 11 is 0. The Morgan fingerprint density at radius 1 is 1.21 bits per heavy atom. The monoisotopic (exact) mass is 272 g/mol. The van der Waals surface area contributed by atoms with Crippen LogP contribution in [0.15, 0.2) is 42.2 Å². The lowest BCUT2D eigenvalue weighted by molar-refractivity contribution is -0.103. The fourth-order valence-electron chi connectivity index (χ4n) is 1.84. The zero-order valence-electron chi connectivity index (χ0n) is 10.3. The van der Waals surface area contributed by atoms with Crippen molar-refractivity contribution in [1.82, 2.24) is 0 Å². The van der Waals surface area contributed by atoms with E-state index in [2.05, 4.69) is 0 Å². The Morgan fingerprint density at radius 2 is 1.95 bits per heavy atom. The molecule has 0 N–H and O–H groups in total. The van der Waals surface area contributed by atoms with Crippen LogP contribution >= 0.6 is 0 Å². The van der Waals surface area contributed by atoms with Crippen molar-refractivity contribution < 1.29 is 22.6 Å². The number of hydrogen-bond acceptors (Lipinski definition) is 2. The average Bonchev–Trinajstić information content (AvgIpc) is 2.39. The molecule has 5 heteroatoms. The molecule has 1 aliphatic heterocycles. The molecule has 0 aliphatic carbocycles. The largest absolute Gasteiger partial charge is 0.495 e. The second-order valence-electron chi connectivity index (χ2n) is 4.44. The van der Waals surface area contributed by atoms with Crippen LogP contribution in [0, 0.1) is 0 Å². The number of halogens is 3. The first-order chi connectivity index (χ1) is 9.05. The maximum Gasteiger partial charge on any atom is 0.415 e. The van der Waals surface area contributed by atoms with Crippen molar-refractivity contribution in [3.63, 3.8) is 0 Å². The topological polar surface area (TPSA) is 18.5 Å². The maximum absolute atomic E-state index is 12.4. The van der Waals surface area contributed by atoms with Crippen LogP contribution in [0.1, 0.15) is 18.4 Å². The second kappa shape index (κ2) is 6.10. The van der Waals surface area contributed by atoms with E-state index in [4.69, 9.17) is 9.47 Å². The van der Waals surface area contributed by atoms with Crippen molar-refractivity contribution in [2.75, 3.05) is 6.61 Å². The zero-order chi connectivity index (χ0) is 13.7. The molecule has 104 valence electrons. The number of allylic oxidation sites excluding steroid dienone is 1. The van der Waals surface area contributed by atoms with Crippen LogP contribution in [0.25, 0.3) is 0 Å². The first-order valence-corrected chi connectivity index (χ1v) is 6.09. The van der Waals surface area contributed by atoms with Crippen molar-refractivity contribution in [1.29, 1.82) is 0 Å². The number of benzene rings is 1. The van der Waals surface area contributed by atoms with Crippen molar-refractivity contribution in [2.24, 2.45) is 0 Å². The Hall–Kier alpha value is -1.49. The third kappa shape index (κ3) is 4.28. The molecule has 1 aromatic rings. The Balaban J connectivity index is 1.73. The number of rotatable bonds is 4. The highest BCUT2D eigenvalue weighted by molar-refractivity contribution is 5.13. The Morgan fingerprint density at radius 3 is 2.53 bits per heavy atom. The Kier molecular flexibility index (Phi) is 4.47. The fourth-order valence-corrected chi connectivity index (χ4v) is 1.84. The van der Waals surface area contributed by atoms with Gasteiger partial charge >= 0.3 is 6.18 Å². The first-order valence-electron chi connectivity index (χ1n) is 6.09. The number of ether oxygens (including phenoxy) is 2. The van der Waals surface area contributed by atoms with Gasteiger partial charge in [-0.3, -0.25) is 0 Å². The molecule has 0 bridgehead atoms. The predicted octanol–water partition coefficient (Wildman–Crippen LogP) is 3.83. The lowest BCUT2D eigenvalue weighted by atomic mass is 10.1. The van der Waals surface area contributed by atoms with E-state index in [1.807, 2.05) is 30.3 Å². The molecule has 2 nitrogen and oxygen atoms in total. The minimum atomic E-state index is -4.28. The molecule has 1 unspecified atom stereocenters. The van der Waals surface area contributed by atoms with Gasteiger partial charge in [-0.25, -0.2) is 0 Å². The minimum absolute atomic E-state index is 0.0110. The lowest BCUT2D eigenvalue weighted by Crippen LogP contribution is -2.25. The summed E-state index contributed by atoms with van der Waals surface area (Å²) in [7, 11) is 0. The van der Waals surface area contributed by atoms with Gasteiger partial charge in [-0.05, 0) is 18.4 Å². The molecule has 2 rings (SSSR count). The predicted molar refractivity (Wildman–Crippen MR) is 64.3 cm³/mol. The van der Waals surface area contributed by atoms with Gasteiger partial charge in [0, 0.05) is 0 Å². The van der Waals surface area contributed by atoms with Gasteiger partial charge in [-0.15, -0.1) is 0 Å². The van der Waals surface area contributed by atoms with E-state index in [0.29, 0.717) is 19.6 Å². The molecule has 1 aliphatic rings. The van der Waals surface area contributed by atoms with Gasteiger partial charge in [0.25, 0.3) is 0 Å². The molecule has 0 amide bonds. The summed E-state index contributed by atoms with van der Waals surface area (Å²) in [6.07, 6.45) is -3.44. The van der Waals surface area contributed by atoms with Crippen LogP contribution in [0.4, 0.5) is 13.2 Å². The van der Waals surface area contributed by atoms with E-state index in [9.17, 15) is 13.2 Å². The molecule has 19 heavy (non-hydrogen) atoms. The third-order valence-electron chi connectivity index (χ3n) is 2.92. The summed E-state index contributed by atoms with van der Waals surface area (Å²) < 4.78 is 47.6. The zero-order valence-corrected chi connectivity index (χ0v) is 10.3. The summed E-state index contributed by atoms with van der Waals surface area (Å²) in [6, 6.07) is 9.60. The standard InChI is InChI=1S/C14H15F3O2/c15-14(16,17)12-6-7-13(19-9-12)10-18-8-11-4-2-1-3-5-11/h1-5,9,13H,6-8,10H2. The summed E-state index contributed by atoms with van der Waals surface area (Å²) in [5.41, 5.74) is 0.427. The van der Waals surface area contributed by atoms with E-state index in [0.717, 1.165) is 11.8 Å². The molecule has 1 aromatic carbocycles. The van der Waals surface area contributed by atoms with Crippen molar-refractivity contribution in [3.05, 3.63) is 47.7 Å². The van der Waals surface area contributed by atoms with Crippen molar-refractivity contribution in [2.45, 2.75) is 31.7 Å². The maximum atomic E-state index is 12.4. The highest BCUT2D eigenvalue weighted by Gasteiger charge is 2.36. The molecule has 1 heterocycles. The van der Waals surface area contributed by atoms with Crippen LogP contribution in [-0.4, -0.2) is 18.9 Å². The molecule has 0 spiro atoms. The van der Waals surface area contributed by atoms with Crippen LogP contribution in [0.2, 0.25) is 0 Å². The normalized spacial score (nSPS) is 19.7. The quantitative estimate of drug-likeness (QED) is 0.829. The molecule has 0 fully saturated rings. The summed E-state index contributed by atoms with van der Waals surface area (Å²) in [4.78, 5) is 0. The fraction of sp³-hybridized carbons (Fsp3) is 0.429. The smallest absolute Gasteiger partial charge is 0.415 e. The number of hydrogen-bond donors (Lipinski definition) is 0. The molecule has 0 aromatic heterocycles. The Labute approximate surface area is 109 Å². The molecule has 0 saturated carbocycles.